The Kier molecular flexibility index (Phi) is 1.54. The summed E-state index contributed by atoms with van der Waals surface area (Å²) in [5.41, 5.74) is 0. The third-order valence-electron chi connectivity index (χ3n) is 1.77. The van der Waals surface area contributed by atoms with Gasteiger partial charge in [-0.3, -0.25) is 19.7 Å². The van der Waals surface area contributed by atoms with Gasteiger partial charge >= 0.3 is 6.03 Å². The van der Waals surface area contributed by atoms with E-state index in [1.54, 1.807) is 24.0 Å². The summed E-state index contributed by atoms with van der Waals surface area (Å²) in [6.45, 7) is 0.0514. The van der Waals surface area contributed by atoms with Crippen molar-refractivity contribution in [2.75, 3.05) is 11.4 Å². The van der Waals surface area contributed by atoms with E-state index in [9.17, 15) is 9.59 Å². The molecule has 0 saturated carbocycles. The minimum absolute atomic E-state index is 0.0514. The molecule has 3 amide bonds. The summed E-state index contributed by atoms with van der Waals surface area (Å²) in [7, 11) is 1.75. The first-order chi connectivity index (χ1) is 6.16. The average Bonchev–Trinajstić information content (AvgIpc) is 2.58. The first-order valence-corrected chi connectivity index (χ1v) is 3.78. The van der Waals surface area contributed by atoms with E-state index in [-0.39, 0.29) is 12.5 Å². The molecule has 1 saturated heterocycles. The second-order valence-electron chi connectivity index (χ2n) is 2.79. The molecule has 0 radical (unpaired) electrons. The largest absolute Gasteiger partial charge is 0.330 e. The Labute approximate surface area is 74.1 Å². The molecule has 0 bridgehead atoms. The summed E-state index contributed by atoms with van der Waals surface area (Å²) in [5, 5.41) is 6.18. The van der Waals surface area contributed by atoms with E-state index in [4.69, 9.17) is 0 Å². The highest BCUT2D eigenvalue weighted by Gasteiger charge is 2.29. The zero-order valence-electron chi connectivity index (χ0n) is 7.02. The number of urea groups is 1. The standard InChI is InChI=1S/C7H8N4O2/c1-10-3-2-5(9-10)11-4-6(12)8-7(11)13/h2-3H,4H2,1H3,(H,8,12,13). The van der Waals surface area contributed by atoms with Crippen LogP contribution in [-0.4, -0.2) is 28.3 Å². The van der Waals surface area contributed by atoms with Gasteiger partial charge in [0.2, 0.25) is 5.91 Å². The Bertz CT molecular complexity index is 370. The van der Waals surface area contributed by atoms with Crippen molar-refractivity contribution in [2.45, 2.75) is 0 Å². The lowest BCUT2D eigenvalue weighted by molar-refractivity contribution is -0.117. The molecule has 1 aliphatic heterocycles. The van der Waals surface area contributed by atoms with E-state index in [0.717, 1.165) is 0 Å². The third kappa shape index (κ3) is 1.26. The zero-order valence-corrected chi connectivity index (χ0v) is 7.02. The number of rotatable bonds is 1. The second kappa shape index (κ2) is 2.58. The van der Waals surface area contributed by atoms with Gasteiger partial charge in [-0.25, -0.2) is 4.79 Å². The maximum atomic E-state index is 11.1. The highest BCUT2D eigenvalue weighted by atomic mass is 16.2. The molecule has 0 unspecified atom stereocenters. The van der Waals surface area contributed by atoms with Gasteiger partial charge in [0.25, 0.3) is 0 Å². The first-order valence-electron chi connectivity index (χ1n) is 3.78. The number of aromatic nitrogens is 2. The smallest absolute Gasteiger partial charge is 0.276 e. The zero-order chi connectivity index (χ0) is 9.42. The van der Waals surface area contributed by atoms with E-state index in [1.807, 2.05) is 0 Å². The number of imide groups is 1. The first kappa shape index (κ1) is 7.78. The van der Waals surface area contributed by atoms with Gasteiger partial charge in [0.15, 0.2) is 5.82 Å². The molecular weight excluding hydrogens is 172 g/mol. The molecule has 0 atom stereocenters. The number of nitrogens with one attached hydrogen (secondary N) is 1. The Balaban J connectivity index is 2.27. The van der Waals surface area contributed by atoms with Crippen molar-refractivity contribution in [3.63, 3.8) is 0 Å². The lowest BCUT2D eigenvalue weighted by Crippen LogP contribution is -2.28. The van der Waals surface area contributed by atoms with Crippen molar-refractivity contribution in [3.05, 3.63) is 12.3 Å². The molecule has 6 nitrogen and oxygen atoms in total. The van der Waals surface area contributed by atoms with Crippen molar-refractivity contribution in [2.24, 2.45) is 7.05 Å². The van der Waals surface area contributed by atoms with E-state index >= 15 is 0 Å². The van der Waals surface area contributed by atoms with Crippen LogP contribution in [-0.2, 0) is 11.8 Å². The van der Waals surface area contributed by atoms with Crippen LogP contribution >= 0.6 is 0 Å². The van der Waals surface area contributed by atoms with Gasteiger partial charge in [-0.1, -0.05) is 0 Å². The maximum Gasteiger partial charge on any atom is 0.330 e. The monoisotopic (exact) mass is 180 g/mol. The second-order valence-corrected chi connectivity index (χ2v) is 2.79. The SMILES string of the molecule is Cn1ccc(N2CC(=O)NC2=O)n1. The van der Waals surface area contributed by atoms with E-state index in [0.29, 0.717) is 5.82 Å². The van der Waals surface area contributed by atoms with Crippen molar-refractivity contribution < 1.29 is 9.59 Å². The van der Waals surface area contributed by atoms with Crippen LogP contribution in [0.1, 0.15) is 0 Å². The number of hydrogen-bond acceptors (Lipinski definition) is 3. The van der Waals surface area contributed by atoms with Crippen molar-refractivity contribution in [1.82, 2.24) is 15.1 Å². The predicted molar refractivity (Wildman–Crippen MR) is 44.1 cm³/mol. The summed E-state index contributed by atoms with van der Waals surface area (Å²) >= 11 is 0. The molecule has 13 heavy (non-hydrogen) atoms. The van der Waals surface area contributed by atoms with Crippen molar-refractivity contribution in [1.29, 1.82) is 0 Å². The molecule has 1 fully saturated rings. The molecule has 2 heterocycles. The fraction of sp³-hybridized carbons (Fsp3) is 0.286. The third-order valence-corrected chi connectivity index (χ3v) is 1.77. The average molecular weight is 180 g/mol. The molecule has 1 aromatic heterocycles. The summed E-state index contributed by atoms with van der Waals surface area (Å²) in [4.78, 5) is 23.3. The molecule has 0 spiro atoms. The Morgan fingerprint density at radius 1 is 1.54 bits per heavy atom. The van der Waals surface area contributed by atoms with Gasteiger partial charge in [0.05, 0.1) is 0 Å². The van der Waals surface area contributed by atoms with Crippen LogP contribution in [0.15, 0.2) is 12.3 Å². The molecule has 0 aliphatic carbocycles. The van der Waals surface area contributed by atoms with Gasteiger partial charge in [-0.15, -0.1) is 0 Å². The molecule has 6 heteroatoms. The lowest BCUT2D eigenvalue weighted by atomic mass is 10.5. The summed E-state index contributed by atoms with van der Waals surface area (Å²) < 4.78 is 1.57. The summed E-state index contributed by atoms with van der Waals surface area (Å²) in [6.07, 6.45) is 1.71. The number of carbonyl (C=O) groups is 2. The molecule has 2 rings (SSSR count). The van der Waals surface area contributed by atoms with Crippen molar-refractivity contribution in [3.8, 4) is 0 Å². The van der Waals surface area contributed by atoms with Gasteiger partial charge in [-0.2, -0.15) is 5.10 Å². The van der Waals surface area contributed by atoms with Crippen LogP contribution in [0, 0.1) is 0 Å². The van der Waals surface area contributed by atoms with Crippen LogP contribution in [0.2, 0.25) is 0 Å². The van der Waals surface area contributed by atoms with Gasteiger partial charge in [0.1, 0.15) is 6.54 Å². The number of nitrogens with zero attached hydrogens (tertiary/aromatic N) is 3. The minimum atomic E-state index is -0.413. The Morgan fingerprint density at radius 2 is 2.31 bits per heavy atom. The number of amides is 3. The highest BCUT2D eigenvalue weighted by Crippen LogP contribution is 2.12. The minimum Gasteiger partial charge on any atom is -0.276 e. The highest BCUT2D eigenvalue weighted by molar-refractivity contribution is 6.11. The van der Waals surface area contributed by atoms with Gasteiger partial charge < -0.3 is 0 Å². The van der Waals surface area contributed by atoms with Crippen molar-refractivity contribution >= 4 is 17.8 Å². The Hall–Kier alpha value is -1.85. The van der Waals surface area contributed by atoms with E-state index in [1.165, 1.54) is 4.90 Å². The topological polar surface area (TPSA) is 67.2 Å². The summed E-state index contributed by atoms with van der Waals surface area (Å²) in [5.74, 6) is 0.196. The quantitative estimate of drug-likeness (QED) is 0.591. The lowest BCUT2D eigenvalue weighted by Gasteiger charge is -2.07. The van der Waals surface area contributed by atoms with Crippen LogP contribution < -0.4 is 10.2 Å². The van der Waals surface area contributed by atoms with Gasteiger partial charge in [-0.05, 0) is 0 Å². The van der Waals surface area contributed by atoms with E-state index < -0.39 is 6.03 Å². The summed E-state index contributed by atoms with van der Waals surface area (Å²) in [6, 6.07) is 1.27. The molecular formula is C7H8N4O2. The number of carbonyl (C=O) groups excluding carboxylic acids is 2. The Morgan fingerprint density at radius 3 is 2.77 bits per heavy atom. The molecule has 1 aliphatic rings. The van der Waals surface area contributed by atoms with Crippen LogP contribution in [0.4, 0.5) is 10.6 Å². The van der Waals surface area contributed by atoms with Gasteiger partial charge in [0, 0.05) is 19.3 Å². The number of aryl methyl sites for hydroxylation is 1. The van der Waals surface area contributed by atoms with E-state index in [2.05, 4.69) is 10.4 Å². The fourth-order valence-corrected chi connectivity index (χ4v) is 1.17. The van der Waals surface area contributed by atoms with Crippen LogP contribution in [0.5, 0.6) is 0 Å². The normalized spacial score (nSPS) is 16.5. The van der Waals surface area contributed by atoms with Crippen LogP contribution in [0.25, 0.3) is 0 Å². The number of anilines is 1. The molecule has 68 valence electrons. The molecule has 1 N–H and O–H groups in total. The maximum absolute atomic E-state index is 11.1. The molecule has 1 aromatic rings. The number of hydrogen-bond donors (Lipinski definition) is 1. The molecule has 0 aromatic carbocycles. The fourth-order valence-electron chi connectivity index (χ4n) is 1.17. The van der Waals surface area contributed by atoms with Crippen LogP contribution in [0.3, 0.4) is 0 Å². The predicted octanol–water partition coefficient (Wildman–Crippen LogP) is -0.524.